The summed E-state index contributed by atoms with van der Waals surface area (Å²) in [6.07, 6.45) is -2.86. The van der Waals surface area contributed by atoms with Gasteiger partial charge in [-0.3, -0.25) is 10.1 Å². The highest BCUT2D eigenvalue weighted by molar-refractivity contribution is 5.74. The second kappa shape index (κ2) is 5.78. The van der Waals surface area contributed by atoms with Gasteiger partial charge < -0.3 is 0 Å². The summed E-state index contributed by atoms with van der Waals surface area (Å²) in [6, 6.07) is 8.75. The summed E-state index contributed by atoms with van der Waals surface area (Å²) in [6.45, 7) is 6.07. The van der Waals surface area contributed by atoms with Crippen LogP contribution in [0.5, 0.6) is 0 Å². The Hall–Kier alpha value is -2.63. The fourth-order valence-electron chi connectivity index (χ4n) is 2.96. The van der Waals surface area contributed by atoms with Gasteiger partial charge in [-0.15, -0.1) is 0 Å². The van der Waals surface area contributed by atoms with E-state index in [1.165, 1.54) is 5.56 Å². The van der Waals surface area contributed by atoms with E-state index < -0.39 is 11.9 Å². The molecule has 3 aromatic rings. The molecule has 124 valence electrons. The predicted molar refractivity (Wildman–Crippen MR) is 86.5 cm³/mol. The maximum absolute atomic E-state index is 12.7. The van der Waals surface area contributed by atoms with E-state index in [1.807, 2.05) is 31.9 Å². The van der Waals surface area contributed by atoms with Crippen molar-refractivity contribution in [3.8, 4) is 22.5 Å². The average Bonchev–Trinajstić information content (AvgIpc) is 2.96. The second-order valence-electron chi connectivity index (χ2n) is 5.87. The Balaban J connectivity index is 2.06. The first-order valence-corrected chi connectivity index (χ1v) is 7.43. The minimum Gasteiger partial charge on any atom is -0.273 e. The van der Waals surface area contributed by atoms with Gasteiger partial charge in [0.1, 0.15) is 11.4 Å². The van der Waals surface area contributed by atoms with Crippen molar-refractivity contribution < 1.29 is 13.2 Å². The maximum atomic E-state index is 12.7. The molecule has 0 atom stereocenters. The van der Waals surface area contributed by atoms with E-state index in [0.717, 1.165) is 28.3 Å². The number of benzene rings is 1. The molecule has 6 heteroatoms. The summed E-state index contributed by atoms with van der Waals surface area (Å²) in [5, 5.41) is 5.76. The maximum Gasteiger partial charge on any atom is 0.432 e. The van der Waals surface area contributed by atoms with Gasteiger partial charge >= 0.3 is 6.18 Å². The summed E-state index contributed by atoms with van der Waals surface area (Å²) in [7, 11) is 0. The molecule has 0 amide bonds. The monoisotopic (exact) mass is 331 g/mol. The Labute approximate surface area is 137 Å². The molecule has 3 nitrogen and oxygen atoms in total. The van der Waals surface area contributed by atoms with Gasteiger partial charge in [0.25, 0.3) is 0 Å². The van der Waals surface area contributed by atoms with Crippen LogP contribution in [0.4, 0.5) is 13.2 Å². The standard InChI is InChI=1S/C18H16F3N3/c1-10-6-11(2)17(12(3)7-10)13-4-5-22-14(8-13)15-9-16(24-23-15)18(19,20)21/h4-9H,1-3H3,(H,23,24). The third kappa shape index (κ3) is 3.04. The van der Waals surface area contributed by atoms with Crippen LogP contribution >= 0.6 is 0 Å². The Morgan fingerprint density at radius 1 is 0.917 bits per heavy atom. The SMILES string of the molecule is Cc1cc(C)c(-c2ccnc(-c3cc(C(F)(F)F)[nH]n3)c2)c(C)c1. The normalized spacial score (nSPS) is 11.8. The van der Waals surface area contributed by atoms with Crippen molar-refractivity contribution in [1.82, 2.24) is 15.2 Å². The molecule has 0 radical (unpaired) electrons. The Morgan fingerprint density at radius 3 is 2.17 bits per heavy atom. The van der Waals surface area contributed by atoms with E-state index >= 15 is 0 Å². The molecule has 3 rings (SSSR count). The van der Waals surface area contributed by atoms with Crippen molar-refractivity contribution in [2.45, 2.75) is 26.9 Å². The van der Waals surface area contributed by atoms with Gasteiger partial charge in [0.2, 0.25) is 0 Å². The zero-order valence-corrected chi connectivity index (χ0v) is 13.5. The first-order chi connectivity index (χ1) is 11.3. The third-order valence-electron chi connectivity index (χ3n) is 3.87. The third-order valence-corrected chi connectivity index (χ3v) is 3.87. The van der Waals surface area contributed by atoms with E-state index in [9.17, 15) is 13.2 Å². The fourth-order valence-corrected chi connectivity index (χ4v) is 2.96. The molecule has 0 saturated heterocycles. The van der Waals surface area contributed by atoms with Gasteiger partial charge in [-0.1, -0.05) is 17.7 Å². The number of H-pyrrole nitrogens is 1. The fraction of sp³-hybridized carbons (Fsp3) is 0.222. The van der Waals surface area contributed by atoms with Crippen LogP contribution in [0.1, 0.15) is 22.4 Å². The lowest BCUT2D eigenvalue weighted by Crippen LogP contribution is -2.04. The molecule has 0 spiro atoms. The number of nitrogens with zero attached hydrogens (tertiary/aromatic N) is 2. The number of hydrogen-bond donors (Lipinski definition) is 1. The van der Waals surface area contributed by atoms with Crippen LogP contribution in [-0.2, 0) is 6.18 Å². The second-order valence-corrected chi connectivity index (χ2v) is 5.87. The molecular formula is C18H16F3N3. The van der Waals surface area contributed by atoms with Crippen LogP contribution < -0.4 is 0 Å². The van der Waals surface area contributed by atoms with Crippen molar-refractivity contribution in [1.29, 1.82) is 0 Å². The van der Waals surface area contributed by atoms with Crippen LogP contribution in [0, 0.1) is 20.8 Å². The highest BCUT2D eigenvalue weighted by Crippen LogP contribution is 2.32. The largest absolute Gasteiger partial charge is 0.432 e. The molecule has 0 aliphatic carbocycles. The van der Waals surface area contributed by atoms with Gasteiger partial charge in [0, 0.05) is 6.20 Å². The number of alkyl halides is 3. The van der Waals surface area contributed by atoms with E-state index in [2.05, 4.69) is 22.2 Å². The van der Waals surface area contributed by atoms with Gasteiger partial charge in [0.15, 0.2) is 0 Å². The van der Waals surface area contributed by atoms with Gasteiger partial charge in [0.05, 0.1) is 5.69 Å². The molecular weight excluding hydrogens is 315 g/mol. The molecule has 1 aromatic carbocycles. The quantitative estimate of drug-likeness (QED) is 0.711. The summed E-state index contributed by atoms with van der Waals surface area (Å²) < 4.78 is 38.1. The first kappa shape index (κ1) is 16.2. The molecule has 0 unspecified atom stereocenters. The number of hydrogen-bond acceptors (Lipinski definition) is 2. The number of aromatic amines is 1. The zero-order valence-electron chi connectivity index (χ0n) is 13.5. The molecule has 0 bridgehead atoms. The Morgan fingerprint density at radius 2 is 1.58 bits per heavy atom. The number of aryl methyl sites for hydroxylation is 3. The lowest BCUT2D eigenvalue weighted by atomic mass is 9.94. The van der Waals surface area contributed by atoms with E-state index in [4.69, 9.17) is 0 Å². The van der Waals surface area contributed by atoms with Crippen LogP contribution in [0.2, 0.25) is 0 Å². The van der Waals surface area contributed by atoms with E-state index in [1.54, 1.807) is 12.3 Å². The van der Waals surface area contributed by atoms with Crippen molar-refractivity contribution in [2.24, 2.45) is 0 Å². The summed E-state index contributed by atoms with van der Waals surface area (Å²) >= 11 is 0. The highest BCUT2D eigenvalue weighted by Gasteiger charge is 2.33. The lowest BCUT2D eigenvalue weighted by Gasteiger charge is -2.12. The molecule has 0 fully saturated rings. The smallest absolute Gasteiger partial charge is 0.273 e. The van der Waals surface area contributed by atoms with Crippen LogP contribution in [0.3, 0.4) is 0 Å². The van der Waals surface area contributed by atoms with Gasteiger partial charge in [-0.05, 0) is 61.2 Å². The minimum atomic E-state index is -4.45. The molecule has 0 saturated carbocycles. The lowest BCUT2D eigenvalue weighted by molar-refractivity contribution is -0.141. The molecule has 2 aromatic heterocycles. The topological polar surface area (TPSA) is 41.6 Å². The van der Waals surface area contributed by atoms with E-state index in [-0.39, 0.29) is 5.69 Å². The molecule has 0 aliphatic rings. The number of nitrogens with one attached hydrogen (secondary N) is 1. The Bertz CT molecular complexity index is 872. The molecule has 0 aliphatic heterocycles. The molecule has 24 heavy (non-hydrogen) atoms. The van der Waals surface area contributed by atoms with Crippen LogP contribution in [0.25, 0.3) is 22.5 Å². The van der Waals surface area contributed by atoms with Crippen molar-refractivity contribution >= 4 is 0 Å². The van der Waals surface area contributed by atoms with Crippen LogP contribution in [-0.4, -0.2) is 15.2 Å². The first-order valence-electron chi connectivity index (χ1n) is 7.43. The van der Waals surface area contributed by atoms with Crippen molar-refractivity contribution in [2.75, 3.05) is 0 Å². The van der Waals surface area contributed by atoms with E-state index in [0.29, 0.717) is 5.69 Å². The molecule has 1 N–H and O–H groups in total. The molecule has 2 heterocycles. The van der Waals surface area contributed by atoms with Crippen molar-refractivity contribution in [3.05, 3.63) is 58.9 Å². The van der Waals surface area contributed by atoms with Crippen LogP contribution in [0.15, 0.2) is 36.5 Å². The average molecular weight is 331 g/mol. The highest BCUT2D eigenvalue weighted by atomic mass is 19.4. The predicted octanol–water partition coefficient (Wildman–Crippen LogP) is 5.08. The number of aromatic nitrogens is 3. The number of rotatable bonds is 2. The van der Waals surface area contributed by atoms with Gasteiger partial charge in [-0.2, -0.15) is 18.3 Å². The number of halogens is 3. The zero-order chi connectivity index (χ0) is 17.5. The summed E-state index contributed by atoms with van der Waals surface area (Å²) in [4.78, 5) is 4.16. The summed E-state index contributed by atoms with van der Waals surface area (Å²) in [5.41, 5.74) is 5.07. The van der Waals surface area contributed by atoms with Crippen molar-refractivity contribution in [3.63, 3.8) is 0 Å². The van der Waals surface area contributed by atoms with Gasteiger partial charge in [-0.25, -0.2) is 0 Å². The summed E-state index contributed by atoms with van der Waals surface area (Å²) in [5.74, 6) is 0. The minimum absolute atomic E-state index is 0.173. The Kier molecular flexibility index (Phi) is 3.91. The number of pyridine rings is 1.